The Morgan fingerprint density at radius 1 is 1.48 bits per heavy atom. The van der Waals surface area contributed by atoms with Gasteiger partial charge in [0, 0.05) is 12.3 Å². The summed E-state index contributed by atoms with van der Waals surface area (Å²) in [5.74, 6) is 0.00828. The van der Waals surface area contributed by atoms with E-state index in [1.165, 1.54) is 37.1 Å². The number of pyridine rings is 1. The molecule has 1 amide bonds. The van der Waals surface area contributed by atoms with Gasteiger partial charge in [-0.1, -0.05) is 23.4 Å². The number of nitro benzene ring substituents is 1. The van der Waals surface area contributed by atoms with Crippen LogP contribution in [0.25, 0.3) is 0 Å². The third kappa shape index (κ3) is 4.57. The van der Waals surface area contributed by atoms with Crippen molar-refractivity contribution in [1.82, 2.24) is 4.98 Å². The van der Waals surface area contributed by atoms with Gasteiger partial charge in [0.1, 0.15) is 10.8 Å². The number of amides is 1. The molecule has 7 nitrogen and oxygen atoms in total. The maximum absolute atomic E-state index is 12.0. The molecule has 120 valence electrons. The highest BCUT2D eigenvalue weighted by Crippen LogP contribution is 2.29. The summed E-state index contributed by atoms with van der Waals surface area (Å²) in [5.41, 5.74) is 0.241. The molecule has 0 unspecified atom stereocenters. The van der Waals surface area contributed by atoms with Gasteiger partial charge >= 0.3 is 0 Å². The van der Waals surface area contributed by atoms with Crippen molar-refractivity contribution in [2.45, 2.75) is 5.03 Å². The molecular weight excluding hydrogens is 342 g/mol. The Morgan fingerprint density at radius 3 is 2.91 bits per heavy atom. The minimum Gasteiger partial charge on any atom is -0.494 e. The molecule has 1 N–H and O–H groups in total. The molecule has 0 aliphatic rings. The van der Waals surface area contributed by atoms with Crippen LogP contribution in [0.3, 0.4) is 0 Å². The van der Waals surface area contributed by atoms with Gasteiger partial charge in [-0.15, -0.1) is 0 Å². The molecule has 0 saturated heterocycles. The van der Waals surface area contributed by atoms with Gasteiger partial charge in [0.25, 0.3) is 5.69 Å². The van der Waals surface area contributed by atoms with Gasteiger partial charge < -0.3 is 10.1 Å². The van der Waals surface area contributed by atoms with E-state index in [9.17, 15) is 14.9 Å². The first kappa shape index (κ1) is 17.0. The summed E-state index contributed by atoms with van der Waals surface area (Å²) in [5, 5.41) is 14.4. The number of carbonyl (C=O) groups excluding carboxylic acids is 1. The van der Waals surface area contributed by atoms with Gasteiger partial charge in [0.05, 0.1) is 34.6 Å². The Hall–Kier alpha value is -2.32. The zero-order valence-corrected chi connectivity index (χ0v) is 13.6. The van der Waals surface area contributed by atoms with Crippen molar-refractivity contribution >= 4 is 40.6 Å². The molecule has 0 bridgehead atoms. The molecule has 1 aromatic carbocycles. The number of hydrogen-bond donors (Lipinski definition) is 1. The first-order chi connectivity index (χ1) is 11.0. The zero-order chi connectivity index (χ0) is 16.8. The number of anilines is 1. The standard InChI is InChI=1S/C14H12ClN3O4S/c1-22-12-7-9(18(20)21)4-5-11(12)17-13(19)8-23-14-10(15)3-2-6-16-14/h2-7H,8H2,1H3,(H,17,19). The fourth-order valence-corrected chi connectivity index (χ4v) is 2.66. The van der Waals surface area contributed by atoms with Crippen molar-refractivity contribution < 1.29 is 14.5 Å². The highest BCUT2D eigenvalue weighted by molar-refractivity contribution is 8.00. The van der Waals surface area contributed by atoms with Crippen LogP contribution in [-0.2, 0) is 4.79 Å². The SMILES string of the molecule is COc1cc([N+](=O)[O-])ccc1NC(=O)CSc1ncccc1Cl. The summed E-state index contributed by atoms with van der Waals surface area (Å²) >= 11 is 7.16. The molecule has 9 heteroatoms. The largest absolute Gasteiger partial charge is 0.494 e. The second-order valence-corrected chi connectivity index (χ2v) is 5.64. The van der Waals surface area contributed by atoms with E-state index < -0.39 is 4.92 Å². The number of halogens is 1. The van der Waals surface area contributed by atoms with Gasteiger partial charge in [0.2, 0.25) is 5.91 Å². The van der Waals surface area contributed by atoms with Crippen LogP contribution < -0.4 is 10.1 Å². The molecule has 1 heterocycles. The lowest BCUT2D eigenvalue weighted by molar-refractivity contribution is -0.384. The maximum atomic E-state index is 12.0. The van der Waals surface area contributed by atoms with Gasteiger partial charge in [-0.2, -0.15) is 0 Å². The van der Waals surface area contributed by atoms with Gasteiger partial charge in [-0.3, -0.25) is 14.9 Å². The summed E-state index contributed by atoms with van der Waals surface area (Å²) in [6, 6.07) is 7.36. The summed E-state index contributed by atoms with van der Waals surface area (Å²) in [6.07, 6.45) is 1.59. The smallest absolute Gasteiger partial charge is 0.273 e. The maximum Gasteiger partial charge on any atom is 0.273 e. The Bertz CT molecular complexity index is 742. The molecule has 2 aromatic rings. The summed E-state index contributed by atoms with van der Waals surface area (Å²) in [7, 11) is 1.37. The first-order valence-corrected chi connectivity index (χ1v) is 7.73. The molecule has 0 radical (unpaired) electrons. The van der Waals surface area contributed by atoms with Crippen molar-refractivity contribution in [3.05, 3.63) is 51.7 Å². The van der Waals surface area contributed by atoms with E-state index in [4.69, 9.17) is 16.3 Å². The van der Waals surface area contributed by atoms with Crippen LogP contribution in [0, 0.1) is 10.1 Å². The van der Waals surface area contributed by atoms with E-state index in [-0.39, 0.29) is 23.1 Å². The summed E-state index contributed by atoms with van der Waals surface area (Å²) in [4.78, 5) is 26.3. The molecule has 0 aliphatic carbocycles. The van der Waals surface area contributed by atoms with Crippen LogP contribution in [0.2, 0.25) is 5.02 Å². The number of aromatic nitrogens is 1. The first-order valence-electron chi connectivity index (χ1n) is 6.37. The third-order valence-corrected chi connectivity index (χ3v) is 4.16. The number of benzene rings is 1. The minimum atomic E-state index is -0.535. The summed E-state index contributed by atoms with van der Waals surface area (Å²) in [6.45, 7) is 0. The fraction of sp³-hybridized carbons (Fsp3) is 0.143. The van der Waals surface area contributed by atoms with Gasteiger partial charge in [-0.05, 0) is 18.2 Å². The average Bonchev–Trinajstić information content (AvgIpc) is 2.54. The van der Waals surface area contributed by atoms with E-state index in [0.29, 0.717) is 15.7 Å². The van der Waals surface area contributed by atoms with Crippen LogP contribution in [0.15, 0.2) is 41.6 Å². The normalized spacial score (nSPS) is 10.2. The van der Waals surface area contributed by atoms with Crippen molar-refractivity contribution in [2.24, 2.45) is 0 Å². The lowest BCUT2D eigenvalue weighted by Crippen LogP contribution is -2.15. The lowest BCUT2D eigenvalue weighted by Gasteiger charge is -2.10. The highest BCUT2D eigenvalue weighted by Gasteiger charge is 2.14. The number of hydrogen-bond acceptors (Lipinski definition) is 6. The molecule has 0 fully saturated rings. The highest BCUT2D eigenvalue weighted by atomic mass is 35.5. The lowest BCUT2D eigenvalue weighted by atomic mass is 10.2. The van der Waals surface area contributed by atoms with Crippen LogP contribution in [0.4, 0.5) is 11.4 Å². The Kier molecular flexibility index (Phi) is 5.78. The molecular formula is C14H12ClN3O4S. The molecule has 0 spiro atoms. The molecule has 0 saturated carbocycles. The van der Waals surface area contributed by atoms with Crippen molar-refractivity contribution in [3.63, 3.8) is 0 Å². The molecule has 0 aliphatic heterocycles. The summed E-state index contributed by atoms with van der Waals surface area (Å²) < 4.78 is 5.06. The number of thioether (sulfide) groups is 1. The van der Waals surface area contributed by atoms with Gasteiger partial charge in [0.15, 0.2) is 0 Å². The van der Waals surface area contributed by atoms with Crippen LogP contribution in [0.5, 0.6) is 5.75 Å². The fourth-order valence-electron chi connectivity index (χ4n) is 1.69. The van der Waals surface area contributed by atoms with Crippen LogP contribution in [0.1, 0.15) is 0 Å². The monoisotopic (exact) mass is 353 g/mol. The van der Waals surface area contributed by atoms with Crippen molar-refractivity contribution in [2.75, 3.05) is 18.2 Å². The Balaban J connectivity index is 2.03. The zero-order valence-electron chi connectivity index (χ0n) is 12.0. The number of carbonyl (C=O) groups is 1. The van der Waals surface area contributed by atoms with E-state index in [0.717, 1.165) is 0 Å². The Morgan fingerprint density at radius 2 is 2.26 bits per heavy atom. The number of nitrogens with zero attached hydrogens (tertiary/aromatic N) is 2. The predicted octanol–water partition coefficient (Wildman–Crippen LogP) is 3.38. The number of non-ortho nitro benzene ring substituents is 1. The number of methoxy groups -OCH3 is 1. The second-order valence-electron chi connectivity index (χ2n) is 4.27. The number of nitrogens with one attached hydrogen (secondary N) is 1. The van der Waals surface area contributed by atoms with Crippen molar-refractivity contribution in [1.29, 1.82) is 0 Å². The third-order valence-electron chi connectivity index (χ3n) is 2.73. The topological polar surface area (TPSA) is 94.4 Å². The van der Waals surface area contributed by atoms with Crippen molar-refractivity contribution in [3.8, 4) is 5.75 Å². The van der Waals surface area contributed by atoms with E-state index in [1.807, 2.05) is 0 Å². The molecule has 0 atom stereocenters. The quantitative estimate of drug-likeness (QED) is 0.486. The number of nitro groups is 1. The van der Waals surface area contributed by atoms with E-state index in [1.54, 1.807) is 18.3 Å². The van der Waals surface area contributed by atoms with Crippen LogP contribution >= 0.6 is 23.4 Å². The minimum absolute atomic E-state index is 0.0941. The van der Waals surface area contributed by atoms with Gasteiger partial charge in [-0.25, -0.2) is 4.98 Å². The predicted molar refractivity (Wildman–Crippen MR) is 88.2 cm³/mol. The van der Waals surface area contributed by atoms with E-state index in [2.05, 4.69) is 10.3 Å². The molecule has 23 heavy (non-hydrogen) atoms. The van der Waals surface area contributed by atoms with E-state index >= 15 is 0 Å². The van der Waals surface area contributed by atoms with Crippen LogP contribution in [-0.4, -0.2) is 28.7 Å². The number of ether oxygens (including phenoxy) is 1. The Labute approximate surface area is 141 Å². The second kappa shape index (κ2) is 7.80. The number of rotatable bonds is 6. The average molecular weight is 354 g/mol. The molecule has 2 rings (SSSR count). The molecule has 1 aromatic heterocycles.